The maximum Gasteiger partial charge on any atom is 0.135 e. The van der Waals surface area contributed by atoms with Gasteiger partial charge in [-0.2, -0.15) is 0 Å². The van der Waals surface area contributed by atoms with Gasteiger partial charge in [0, 0.05) is 17.7 Å². The van der Waals surface area contributed by atoms with Crippen LogP contribution in [0, 0.1) is 17.7 Å². The number of benzene rings is 1. The second-order valence-corrected chi connectivity index (χ2v) is 2.00. The Kier molecular flexibility index (Phi) is 2.74. The molecule has 1 aromatic rings. The summed E-state index contributed by atoms with van der Waals surface area (Å²) in [5.41, 5.74) is 0.137. The zero-order valence-corrected chi connectivity index (χ0v) is 6.34. The third-order valence-electron chi connectivity index (χ3n) is 1.19. The first-order chi connectivity index (χ1) is 5.74. The van der Waals surface area contributed by atoms with E-state index < -0.39 is 11.6 Å². The quantitative estimate of drug-likeness (QED) is 0.489. The second kappa shape index (κ2) is 3.80. The van der Waals surface area contributed by atoms with Crippen molar-refractivity contribution in [3.8, 4) is 0 Å². The summed E-state index contributed by atoms with van der Waals surface area (Å²) in [6.07, 6.45) is 1.14. The molecule has 63 valence electrons. The summed E-state index contributed by atoms with van der Waals surface area (Å²) in [6.45, 7) is 0. The van der Waals surface area contributed by atoms with E-state index in [0.29, 0.717) is 0 Å². The van der Waals surface area contributed by atoms with Gasteiger partial charge in [0.1, 0.15) is 18.7 Å². The van der Waals surface area contributed by atoms with Crippen molar-refractivity contribution in [2.75, 3.05) is 7.11 Å². The van der Waals surface area contributed by atoms with Crippen molar-refractivity contribution < 1.29 is 13.6 Å². The summed E-state index contributed by atoms with van der Waals surface area (Å²) in [5.74, 6) is -1.42. The number of oxime groups is 1. The zero-order valence-electron chi connectivity index (χ0n) is 6.34. The van der Waals surface area contributed by atoms with Crippen LogP contribution in [0.25, 0.3) is 0 Å². The van der Waals surface area contributed by atoms with Gasteiger partial charge in [0.2, 0.25) is 0 Å². The van der Waals surface area contributed by atoms with Crippen LogP contribution in [-0.4, -0.2) is 13.3 Å². The standard InChI is InChI=1S/C8H6F2NO/c1-12-11-5-6-2-3-7(9)4-8(6)10/h2,4-5H,1H3. The van der Waals surface area contributed by atoms with E-state index in [2.05, 4.69) is 16.1 Å². The van der Waals surface area contributed by atoms with Gasteiger partial charge in [-0.15, -0.1) is 0 Å². The molecule has 0 N–H and O–H groups in total. The van der Waals surface area contributed by atoms with E-state index in [1.807, 2.05) is 0 Å². The van der Waals surface area contributed by atoms with Crippen LogP contribution in [0.5, 0.6) is 0 Å². The van der Waals surface area contributed by atoms with Crippen molar-refractivity contribution in [1.82, 2.24) is 0 Å². The van der Waals surface area contributed by atoms with E-state index in [1.165, 1.54) is 7.11 Å². The van der Waals surface area contributed by atoms with E-state index in [0.717, 1.165) is 18.3 Å². The third kappa shape index (κ3) is 2.02. The minimum Gasteiger partial charge on any atom is -0.399 e. The Bertz CT molecular complexity index is 299. The highest BCUT2D eigenvalue weighted by Crippen LogP contribution is 2.06. The Morgan fingerprint density at radius 1 is 1.58 bits per heavy atom. The highest BCUT2D eigenvalue weighted by atomic mass is 19.1. The molecule has 2 nitrogen and oxygen atoms in total. The number of hydrogen-bond acceptors (Lipinski definition) is 2. The van der Waals surface area contributed by atoms with Gasteiger partial charge in [0.15, 0.2) is 0 Å². The predicted octanol–water partition coefficient (Wildman–Crippen LogP) is 1.75. The van der Waals surface area contributed by atoms with E-state index >= 15 is 0 Å². The van der Waals surface area contributed by atoms with Crippen LogP contribution in [0.1, 0.15) is 5.56 Å². The first kappa shape index (κ1) is 8.64. The molecule has 0 amide bonds. The fraction of sp³-hybridized carbons (Fsp3) is 0.125. The van der Waals surface area contributed by atoms with Crippen LogP contribution < -0.4 is 0 Å². The first-order valence-electron chi connectivity index (χ1n) is 3.17. The van der Waals surface area contributed by atoms with Crippen LogP contribution in [0.15, 0.2) is 17.3 Å². The Balaban J connectivity index is 2.94. The minimum absolute atomic E-state index is 0.137. The van der Waals surface area contributed by atoms with Crippen LogP contribution in [0.3, 0.4) is 0 Å². The smallest absolute Gasteiger partial charge is 0.135 e. The Hall–Kier alpha value is -1.45. The number of rotatable bonds is 2. The fourth-order valence-electron chi connectivity index (χ4n) is 0.660. The average molecular weight is 170 g/mol. The molecular formula is C8H6F2NO. The lowest BCUT2D eigenvalue weighted by atomic mass is 10.2. The van der Waals surface area contributed by atoms with Crippen LogP contribution in [0.4, 0.5) is 8.78 Å². The molecule has 0 bridgehead atoms. The van der Waals surface area contributed by atoms with Crippen molar-refractivity contribution >= 4 is 6.21 Å². The van der Waals surface area contributed by atoms with Gasteiger partial charge in [-0.3, -0.25) is 0 Å². The summed E-state index contributed by atoms with van der Waals surface area (Å²) in [7, 11) is 1.33. The Labute approximate surface area is 68.5 Å². The van der Waals surface area contributed by atoms with E-state index in [9.17, 15) is 8.78 Å². The van der Waals surface area contributed by atoms with Gasteiger partial charge < -0.3 is 4.84 Å². The maximum absolute atomic E-state index is 12.8. The topological polar surface area (TPSA) is 21.6 Å². The Morgan fingerprint density at radius 2 is 2.33 bits per heavy atom. The highest BCUT2D eigenvalue weighted by molar-refractivity contribution is 5.79. The Morgan fingerprint density at radius 3 is 2.92 bits per heavy atom. The summed E-state index contributed by atoms with van der Waals surface area (Å²) >= 11 is 0. The highest BCUT2D eigenvalue weighted by Gasteiger charge is 2.00. The monoisotopic (exact) mass is 170 g/mol. The van der Waals surface area contributed by atoms with Gasteiger partial charge in [0.05, 0.1) is 6.21 Å². The largest absolute Gasteiger partial charge is 0.399 e. The van der Waals surface area contributed by atoms with Crippen molar-refractivity contribution in [3.63, 3.8) is 0 Å². The van der Waals surface area contributed by atoms with Crippen LogP contribution in [0.2, 0.25) is 0 Å². The second-order valence-electron chi connectivity index (χ2n) is 2.00. The number of nitrogens with zero attached hydrogens (tertiary/aromatic N) is 1. The first-order valence-corrected chi connectivity index (χ1v) is 3.17. The molecule has 0 atom stereocenters. The number of halogens is 2. The van der Waals surface area contributed by atoms with Crippen LogP contribution >= 0.6 is 0 Å². The molecule has 0 saturated carbocycles. The molecule has 0 heterocycles. The molecule has 0 aliphatic rings. The van der Waals surface area contributed by atoms with Gasteiger partial charge in [-0.25, -0.2) is 8.78 Å². The van der Waals surface area contributed by atoms with Gasteiger partial charge in [-0.05, 0) is 6.07 Å². The lowest BCUT2D eigenvalue weighted by Gasteiger charge is -1.94. The molecule has 1 rings (SSSR count). The van der Waals surface area contributed by atoms with Crippen molar-refractivity contribution in [3.05, 3.63) is 35.4 Å². The van der Waals surface area contributed by atoms with E-state index in [-0.39, 0.29) is 5.56 Å². The SMILES string of the molecule is CON=Cc1c[c]c(F)cc1F. The average Bonchev–Trinajstić information content (AvgIpc) is 2.03. The molecule has 4 heteroatoms. The molecule has 0 spiro atoms. The molecule has 0 aromatic heterocycles. The molecule has 0 aliphatic carbocycles. The van der Waals surface area contributed by atoms with Crippen molar-refractivity contribution in [2.24, 2.45) is 5.16 Å². The maximum atomic E-state index is 12.8. The van der Waals surface area contributed by atoms with Crippen LogP contribution in [-0.2, 0) is 4.84 Å². The molecule has 0 saturated heterocycles. The molecule has 12 heavy (non-hydrogen) atoms. The normalized spacial score (nSPS) is 10.6. The predicted molar refractivity (Wildman–Crippen MR) is 39.8 cm³/mol. The molecule has 0 unspecified atom stereocenters. The summed E-state index contributed by atoms with van der Waals surface area (Å²) < 4.78 is 25.1. The molecule has 0 aliphatic heterocycles. The fourth-order valence-corrected chi connectivity index (χ4v) is 0.660. The van der Waals surface area contributed by atoms with Gasteiger partial charge in [-0.1, -0.05) is 5.16 Å². The minimum atomic E-state index is -0.734. The van der Waals surface area contributed by atoms with Crippen molar-refractivity contribution in [2.45, 2.75) is 0 Å². The zero-order chi connectivity index (χ0) is 8.97. The lowest BCUT2D eigenvalue weighted by Crippen LogP contribution is -1.89. The molecular weight excluding hydrogens is 164 g/mol. The lowest BCUT2D eigenvalue weighted by molar-refractivity contribution is 0.215. The third-order valence-corrected chi connectivity index (χ3v) is 1.19. The summed E-state index contributed by atoms with van der Waals surface area (Å²) in [6, 6.07) is 4.09. The van der Waals surface area contributed by atoms with E-state index in [4.69, 9.17) is 0 Å². The van der Waals surface area contributed by atoms with Crippen molar-refractivity contribution in [1.29, 1.82) is 0 Å². The summed E-state index contributed by atoms with van der Waals surface area (Å²) in [5, 5.41) is 3.33. The molecule has 1 radical (unpaired) electrons. The molecule has 0 fully saturated rings. The number of hydrogen-bond donors (Lipinski definition) is 0. The molecule has 1 aromatic carbocycles. The van der Waals surface area contributed by atoms with E-state index in [1.54, 1.807) is 0 Å². The van der Waals surface area contributed by atoms with Gasteiger partial charge >= 0.3 is 0 Å². The van der Waals surface area contributed by atoms with Gasteiger partial charge in [0.25, 0.3) is 0 Å². The summed E-state index contributed by atoms with van der Waals surface area (Å²) in [4.78, 5) is 4.33.